The number of hydrogen-bond acceptors (Lipinski definition) is 8. The second kappa shape index (κ2) is 14.5. The lowest BCUT2D eigenvalue weighted by atomic mass is 9.87. The molecule has 1 aliphatic rings. The number of esters is 2. The Bertz CT molecular complexity index is 1710. The average Bonchev–Trinajstić information content (AvgIpc) is 3.64. The molecule has 0 saturated carbocycles. The topological polar surface area (TPSA) is 92.0 Å². The Morgan fingerprint density at radius 1 is 1.02 bits per heavy atom. The summed E-state index contributed by atoms with van der Waals surface area (Å²) in [6.07, 6.45) is 0.539. The van der Waals surface area contributed by atoms with Gasteiger partial charge < -0.3 is 18.3 Å². The quantitative estimate of drug-likeness (QED) is 0.0626. The van der Waals surface area contributed by atoms with Crippen molar-refractivity contribution in [2.24, 2.45) is 0 Å². The van der Waals surface area contributed by atoms with Gasteiger partial charge in [0.15, 0.2) is 12.0 Å². The standard InChI is InChI=1S/C39H42O7SSi/c1-27(2)35(32-24-31(36(41)43-6)34(26-40)45-32)33-25-39(37(42)46-33,47-28-16-10-7-11-17-28)22-23-44-48(38(3,4)5,29-18-12-8-13-19-29)30-20-14-9-15-21-30/h7-21,24,26,33,35H,1,22-23,25H2,2-6H3/t33-,35+,39-/m0/s1. The predicted octanol–water partition coefficient (Wildman–Crippen LogP) is 7.35. The van der Waals surface area contributed by atoms with Crippen LogP contribution < -0.4 is 10.4 Å². The third kappa shape index (κ3) is 6.85. The second-order valence-electron chi connectivity index (χ2n) is 13.2. The fourth-order valence-corrected chi connectivity index (χ4v) is 12.6. The first-order valence-electron chi connectivity index (χ1n) is 16.0. The number of thioether (sulfide) groups is 1. The molecule has 0 unspecified atom stereocenters. The number of hydrogen-bond donors (Lipinski definition) is 0. The number of methoxy groups -OCH3 is 1. The van der Waals surface area contributed by atoms with Gasteiger partial charge in [0.2, 0.25) is 0 Å². The highest BCUT2D eigenvalue weighted by atomic mass is 32.2. The summed E-state index contributed by atoms with van der Waals surface area (Å²) in [5.41, 5.74) is 0.682. The summed E-state index contributed by atoms with van der Waals surface area (Å²) < 4.78 is 23.1. The zero-order chi connectivity index (χ0) is 34.5. The number of furan rings is 1. The summed E-state index contributed by atoms with van der Waals surface area (Å²) in [5.74, 6) is -1.47. The number of rotatable bonds is 13. The summed E-state index contributed by atoms with van der Waals surface area (Å²) in [6.45, 7) is 13.0. The van der Waals surface area contributed by atoms with Crippen LogP contribution in [0, 0.1) is 0 Å². The fourth-order valence-electron chi connectivity index (χ4n) is 6.74. The molecule has 0 spiro atoms. The van der Waals surface area contributed by atoms with Gasteiger partial charge in [0.1, 0.15) is 22.2 Å². The molecule has 1 fully saturated rings. The molecule has 48 heavy (non-hydrogen) atoms. The van der Waals surface area contributed by atoms with Crippen molar-refractivity contribution < 1.29 is 32.7 Å². The molecule has 1 saturated heterocycles. The van der Waals surface area contributed by atoms with Gasteiger partial charge in [0, 0.05) is 17.9 Å². The zero-order valence-electron chi connectivity index (χ0n) is 28.1. The number of aldehydes is 1. The van der Waals surface area contributed by atoms with Gasteiger partial charge in [-0.3, -0.25) is 9.59 Å². The van der Waals surface area contributed by atoms with Crippen molar-refractivity contribution in [2.75, 3.05) is 13.7 Å². The molecule has 0 amide bonds. The maximum absolute atomic E-state index is 14.2. The minimum atomic E-state index is -2.87. The normalized spacial score (nSPS) is 18.6. The van der Waals surface area contributed by atoms with E-state index in [1.807, 2.05) is 49.4 Å². The van der Waals surface area contributed by atoms with Crippen LogP contribution in [0.1, 0.15) is 73.1 Å². The molecule has 0 bridgehead atoms. The van der Waals surface area contributed by atoms with Crippen LogP contribution in [0.2, 0.25) is 5.04 Å². The van der Waals surface area contributed by atoms with Crippen molar-refractivity contribution in [3.05, 3.63) is 126 Å². The van der Waals surface area contributed by atoms with E-state index in [2.05, 4.69) is 75.9 Å². The van der Waals surface area contributed by atoms with E-state index < -0.39 is 31.1 Å². The molecular formula is C39H42O7SSi. The van der Waals surface area contributed by atoms with Gasteiger partial charge in [-0.1, -0.05) is 112 Å². The molecule has 0 aliphatic carbocycles. The molecule has 1 aliphatic heterocycles. The summed E-state index contributed by atoms with van der Waals surface area (Å²) in [5, 5.41) is 2.09. The van der Waals surface area contributed by atoms with Crippen LogP contribution in [0.5, 0.6) is 0 Å². The Morgan fingerprint density at radius 2 is 1.58 bits per heavy atom. The molecular weight excluding hydrogens is 641 g/mol. The molecule has 1 aromatic heterocycles. The van der Waals surface area contributed by atoms with E-state index in [1.54, 1.807) is 0 Å². The van der Waals surface area contributed by atoms with Gasteiger partial charge in [-0.15, -0.1) is 11.8 Å². The van der Waals surface area contributed by atoms with Gasteiger partial charge in [-0.2, -0.15) is 0 Å². The molecule has 3 aromatic carbocycles. The molecule has 0 N–H and O–H groups in total. The maximum atomic E-state index is 14.2. The Hall–Kier alpha value is -4.18. The first kappa shape index (κ1) is 35.1. The number of benzene rings is 3. The van der Waals surface area contributed by atoms with Gasteiger partial charge in [-0.25, -0.2) is 4.79 Å². The lowest BCUT2D eigenvalue weighted by Gasteiger charge is -2.43. The van der Waals surface area contributed by atoms with E-state index >= 15 is 0 Å². The molecule has 7 nitrogen and oxygen atoms in total. The van der Waals surface area contributed by atoms with Gasteiger partial charge in [0.25, 0.3) is 8.32 Å². The van der Waals surface area contributed by atoms with Crippen LogP contribution in [0.25, 0.3) is 0 Å². The number of carbonyl (C=O) groups is 3. The van der Waals surface area contributed by atoms with Crippen LogP contribution in [0.15, 0.2) is 119 Å². The van der Waals surface area contributed by atoms with E-state index in [0.29, 0.717) is 37.1 Å². The second-order valence-corrected chi connectivity index (χ2v) is 18.9. The van der Waals surface area contributed by atoms with E-state index in [0.717, 1.165) is 15.3 Å². The van der Waals surface area contributed by atoms with Crippen molar-refractivity contribution in [1.29, 1.82) is 0 Å². The fraction of sp³-hybridized carbons (Fsp3) is 0.308. The van der Waals surface area contributed by atoms with Crippen LogP contribution in [-0.2, 0) is 18.7 Å². The highest BCUT2D eigenvalue weighted by Crippen LogP contribution is 2.49. The lowest BCUT2D eigenvalue weighted by Crippen LogP contribution is -2.66. The average molecular weight is 683 g/mol. The van der Waals surface area contributed by atoms with Gasteiger partial charge >= 0.3 is 11.9 Å². The Labute approximate surface area is 287 Å². The lowest BCUT2D eigenvalue weighted by molar-refractivity contribution is -0.144. The van der Waals surface area contributed by atoms with Crippen LogP contribution in [-0.4, -0.2) is 51.1 Å². The van der Waals surface area contributed by atoms with Crippen molar-refractivity contribution in [3.8, 4) is 0 Å². The van der Waals surface area contributed by atoms with Crippen LogP contribution >= 0.6 is 11.8 Å². The maximum Gasteiger partial charge on any atom is 0.341 e. The highest BCUT2D eigenvalue weighted by Gasteiger charge is 2.55. The first-order chi connectivity index (χ1) is 23.0. The highest BCUT2D eigenvalue weighted by molar-refractivity contribution is 8.01. The van der Waals surface area contributed by atoms with Gasteiger partial charge in [0.05, 0.1) is 13.0 Å². The molecule has 9 heteroatoms. The largest absolute Gasteiger partial charge is 0.465 e. The molecule has 250 valence electrons. The summed E-state index contributed by atoms with van der Waals surface area (Å²) >= 11 is 1.48. The molecule has 2 heterocycles. The van der Waals surface area contributed by atoms with Gasteiger partial charge in [-0.05, 0) is 47.0 Å². The molecule has 0 radical (unpaired) electrons. The molecule has 4 aromatic rings. The monoisotopic (exact) mass is 682 g/mol. The van der Waals surface area contributed by atoms with E-state index in [9.17, 15) is 14.4 Å². The molecule has 5 rings (SSSR count). The van der Waals surface area contributed by atoms with E-state index in [1.165, 1.54) is 24.9 Å². The zero-order valence-corrected chi connectivity index (χ0v) is 29.9. The molecule has 3 atom stereocenters. The van der Waals surface area contributed by atoms with E-state index in [-0.39, 0.29) is 22.3 Å². The Kier molecular flexibility index (Phi) is 10.6. The first-order valence-corrected chi connectivity index (χ1v) is 18.7. The van der Waals surface area contributed by atoms with Crippen molar-refractivity contribution >= 4 is 48.7 Å². The number of cyclic esters (lactones) is 1. The third-order valence-electron chi connectivity index (χ3n) is 8.96. The SMILES string of the molecule is C=C(C)[C@H](c1cc(C(=O)OC)c(C=O)o1)[C@@H]1C[C@](CCO[Si](c2ccccc2)(c2ccccc2)C(C)(C)C)(Sc2ccccc2)C(=O)O1. The third-order valence-corrected chi connectivity index (χ3v) is 15.4. The van der Waals surface area contributed by atoms with Crippen molar-refractivity contribution in [2.45, 2.75) is 67.2 Å². The minimum Gasteiger partial charge on any atom is -0.465 e. The number of carbonyl (C=O) groups excluding carboxylic acids is 3. The minimum absolute atomic E-state index is 0.0155. The van der Waals surface area contributed by atoms with Crippen molar-refractivity contribution in [3.63, 3.8) is 0 Å². The Balaban J connectivity index is 1.52. The van der Waals surface area contributed by atoms with E-state index in [4.69, 9.17) is 18.3 Å². The van der Waals surface area contributed by atoms with Crippen LogP contribution in [0.3, 0.4) is 0 Å². The smallest absolute Gasteiger partial charge is 0.341 e. The Morgan fingerprint density at radius 3 is 2.08 bits per heavy atom. The predicted molar refractivity (Wildman–Crippen MR) is 191 cm³/mol. The summed E-state index contributed by atoms with van der Waals surface area (Å²) in [4.78, 5) is 39.3. The van der Waals surface area contributed by atoms with Crippen LogP contribution in [0.4, 0.5) is 0 Å². The summed E-state index contributed by atoms with van der Waals surface area (Å²) in [6, 6.07) is 32.1. The number of ether oxygens (including phenoxy) is 2. The summed E-state index contributed by atoms with van der Waals surface area (Å²) in [7, 11) is -1.63. The van der Waals surface area contributed by atoms with Crippen molar-refractivity contribution in [1.82, 2.24) is 0 Å².